The maximum absolute atomic E-state index is 13.7. The van der Waals surface area contributed by atoms with E-state index in [2.05, 4.69) is 20.1 Å². The zero-order chi connectivity index (χ0) is 19.0. The number of fused-ring (bicyclic) bond motifs is 1. The molecule has 3 heterocycles. The quantitative estimate of drug-likeness (QED) is 0.699. The Kier molecular flexibility index (Phi) is 4.69. The van der Waals surface area contributed by atoms with Crippen molar-refractivity contribution in [2.45, 2.75) is 25.5 Å². The Morgan fingerprint density at radius 1 is 1.26 bits per heavy atom. The number of benzene rings is 1. The Morgan fingerprint density at radius 3 is 2.85 bits per heavy atom. The first kappa shape index (κ1) is 17.7. The maximum atomic E-state index is 13.7. The molecule has 1 aliphatic heterocycles. The van der Waals surface area contributed by atoms with Crippen molar-refractivity contribution >= 4 is 22.8 Å². The van der Waals surface area contributed by atoms with Gasteiger partial charge in [-0.05, 0) is 35.6 Å². The van der Waals surface area contributed by atoms with E-state index in [1.54, 1.807) is 24.2 Å². The van der Waals surface area contributed by atoms with Crippen molar-refractivity contribution < 1.29 is 17.9 Å². The number of nitrogens with zero attached hydrogens (tertiary/aromatic N) is 3. The number of thioether (sulfide) groups is 1. The van der Waals surface area contributed by atoms with Gasteiger partial charge in [0.15, 0.2) is 11.6 Å². The third-order valence-corrected chi connectivity index (χ3v) is 5.17. The zero-order valence-corrected chi connectivity index (χ0v) is 15.0. The number of pyridine rings is 1. The molecule has 5 nitrogen and oxygen atoms in total. The van der Waals surface area contributed by atoms with E-state index in [1.165, 1.54) is 17.0 Å². The molecule has 1 aliphatic rings. The first-order chi connectivity index (χ1) is 13.0. The van der Waals surface area contributed by atoms with Crippen LogP contribution in [0, 0.1) is 5.82 Å². The maximum Gasteiger partial charge on any atom is 0.387 e. The second kappa shape index (κ2) is 7.15. The van der Waals surface area contributed by atoms with E-state index >= 15 is 0 Å². The molecule has 1 N–H and O–H groups in total. The number of rotatable bonds is 5. The third kappa shape index (κ3) is 3.73. The summed E-state index contributed by atoms with van der Waals surface area (Å²) >= 11 is 1.72. The highest BCUT2D eigenvalue weighted by Crippen LogP contribution is 2.30. The fourth-order valence-electron chi connectivity index (χ4n) is 2.88. The van der Waals surface area contributed by atoms with Crippen LogP contribution in [0.1, 0.15) is 6.92 Å². The van der Waals surface area contributed by atoms with Gasteiger partial charge in [0.2, 0.25) is 0 Å². The fraction of sp³-hybridized carbons (Fsp3) is 0.222. The lowest BCUT2D eigenvalue weighted by Gasteiger charge is -2.12. The minimum atomic E-state index is -3.09. The average Bonchev–Trinajstić information content (AvgIpc) is 3.23. The van der Waals surface area contributed by atoms with Gasteiger partial charge in [0, 0.05) is 18.0 Å². The average molecular weight is 392 g/mol. The minimum absolute atomic E-state index is 0.175. The summed E-state index contributed by atoms with van der Waals surface area (Å²) in [5.74, 6) is -1.34. The van der Waals surface area contributed by atoms with Crippen LogP contribution >= 0.6 is 11.8 Å². The van der Waals surface area contributed by atoms with Gasteiger partial charge in [-0.25, -0.2) is 4.39 Å². The Balaban J connectivity index is 1.66. The molecule has 1 unspecified atom stereocenters. The van der Waals surface area contributed by atoms with E-state index in [4.69, 9.17) is 0 Å². The van der Waals surface area contributed by atoms with E-state index < -0.39 is 18.2 Å². The Bertz CT molecular complexity index is 1020. The number of allylic oxidation sites excluding steroid dienone is 1. The number of halogens is 3. The number of hydrogen-bond acceptors (Lipinski definition) is 5. The van der Waals surface area contributed by atoms with Gasteiger partial charge in [0.05, 0.1) is 23.6 Å². The van der Waals surface area contributed by atoms with Crippen molar-refractivity contribution in [2.75, 3.05) is 0 Å². The van der Waals surface area contributed by atoms with Crippen molar-refractivity contribution in [3.8, 4) is 16.9 Å². The summed E-state index contributed by atoms with van der Waals surface area (Å²) in [7, 11) is 0. The molecule has 0 fully saturated rings. The molecule has 0 amide bonds. The Morgan fingerprint density at radius 2 is 2.11 bits per heavy atom. The topological polar surface area (TPSA) is 52.0 Å². The van der Waals surface area contributed by atoms with Gasteiger partial charge < -0.3 is 10.1 Å². The molecule has 4 rings (SSSR count). The van der Waals surface area contributed by atoms with E-state index in [0.717, 1.165) is 17.1 Å². The van der Waals surface area contributed by atoms with E-state index in [9.17, 15) is 13.2 Å². The second-order valence-corrected chi connectivity index (χ2v) is 7.46. The summed E-state index contributed by atoms with van der Waals surface area (Å²) in [6.45, 7) is -0.423. The van der Waals surface area contributed by atoms with Crippen molar-refractivity contribution in [1.29, 1.82) is 0 Å². The molecule has 0 radical (unpaired) electrons. The van der Waals surface area contributed by atoms with E-state index in [0.29, 0.717) is 17.7 Å². The molecule has 9 heteroatoms. The Labute approximate surface area is 157 Å². The SMILES string of the molecule is CC1=CNC(Cn2ncc3ncc(-c4ccc(F)c(OC(F)F)c4)cc32)S1. The molecule has 140 valence electrons. The van der Waals surface area contributed by atoms with Gasteiger partial charge in [-0.3, -0.25) is 9.67 Å². The second-order valence-electron chi connectivity index (χ2n) is 6.01. The molecule has 27 heavy (non-hydrogen) atoms. The molecule has 0 spiro atoms. The van der Waals surface area contributed by atoms with Gasteiger partial charge in [0.25, 0.3) is 0 Å². The predicted octanol–water partition coefficient (Wildman–Crippen LogP) is 4.36. The number of ether oxygens (including phenoxy) is 1. The van der Waals surface area contributed by atoms with Crippen molar-refractivity contribution in [3.63, 3.8) is 0 Å². The summed E-state index contributed by atoms with van der Waals surface area (Å²) in [5, 5.41) is 7.84. The highest BCUT2D eigenvalue weighted by molar-refractivity contribution is 8.03. The number of nitrogens with one attached hydrogen (secondary N) is 1. The smallest absolute Gasteiger partial charge is 0.387 e. The molecule has 1 aromatic carbocycles. The largest absolute Gasteiger partial charge is 0.432 e. The molecule has 3 aromatic rings. The van der Waals surface area contributed by atoms with Crippen LogP contribution in [0.2, 0.25) is 0 Å². The first-order valence-electron chi connectivity index (χ1n) is 8.15. The molecule has 0 bridgehead atoms. The zero-order valence-electron chi connectivity index (χ0n) is 14.2. The molecule has 0 aliphatic carbocycles. The van der Waals surface area contributed by atoms with Crippen LogP contribution in [-0.2, 0) is 6.54 Å². The Hall–Kier alpha value is -2.68. The highest BCUT2D eigenvalue weighted by atomic mass is 32.2. The van der Waals surface area contributed by atoms with Crippen LogP contribution in [0.3, 0.4) is 0 Å². The van der Waals surface area contributed by atoms with Crippen molar-refractivity contribution in [1.82, 2.24) is 20.1 Å². The standard InChI is InChI=1S/C18H15F3N4OS/c1-10-6-23-17(27-10)9-25-15-4-12(7-22-14(15)8-24-25)11-2-3-13(19)16(5-11)26-18(20)21/h2-8,17-18,23H,9H2,1H3. The molecule has 2 aromatic heterocycles. The molecule has 1 atom stereocenters. The lowest BCUT2D eigenvalue weighted by atomic mass is 10.1. The van der Waals surface area contributed by atoms with E-state index in [1.807, 2.05) is 23.9 Å². The fourth-order valence-corrected chi connectivity index (χ4v) is 3.82. The monoisotopic (exact) mass is 392 g/mol. The van der Waals surface area contributed by atoms with Crippen LogP contribution in [0.25, 0.3) is 22.2 Å². The van der Waals surface area contributed by atoms with Gasteiger partial charge in [-0.15, -0.1) is 11.8 Å². The molecular formula is C18H15F3N4OS. The predicted molar refractivity (Wildman–Crippen MR) is 97.8 cm³/mol. The molecular weight excluding hydrogens is 377 g/mol. The summed E-state index contributed by atoms with van der Waals surface area (Å²) in [6, 6.07) is 5.70. The molecule has 0 saturated heterocycles. The van der Waals surface area contributed by atoms with Crippen molar-refractivity contribution in [2.24, 2.45) is 0 Å². The summed E-state index contributed by atoms with van der Waals surface area (Å²) in [6.07, 6.45) is 5.24. The van der Waals surface area contributed by atoms with Crippen molar-refractivity contribution in [3.05, 3.63) is 53.6 Å². The third-order valence-electron chi connectivity index (χ3n) is 4.11. The van der Waals surface area contributed by atoms with E-state index in [-0.39, 0.29) is 5.37 Å². The van der Waals surface area contributed by atoms with Crippen LogP contribution in [-0.4, -0.2) is 26.7 Å². The number of aromatic nitrogens is 3. The first-order valence-corrected chi connectivity index (χ1v) is 9.03. The van der Waals surface area contributed by atoms with Gasteiger partial charge in [0.1, 0.15) is 5.52 Å². The molecule has 0 saturated carbocycles. The highest BCUT2D eigenvalue weighted by Gasteiger charge is 2.17. The van der Waals surface area contributed by atoms with Crippen LogP contribution in [0.5, 0.6) is 5.75 Å². The number of alkyl halides is 2. The summed E-state index contributed by atoms with van der Waals surface area (Å²) in [4.78, 5) is 5.58. The van der Waals surface area contributed by atoms with Crippen LogP contribution in [0.4, 0.5) is 13.2 Å². The van der Waals surface area contributed by atoms with Crippen LogP contribution in [0.15, 0.2) is 47.8 Å². The van der Waals surface area contributed by atoms with Gasteiger partial charge in [-0.2, -0.15) is 13.9 Å². The lowest BCUT2D eigenvalue weighted by Crippen LogP contribution is -2.23. The van der Waals surface area contributed by atoms with Gasteiger partial charge in [-0.1, -0.05) is 6.07 Å². The number of hydrogen-bond donors (Lipinski definition) is 1. The van der Waals surface area contributed by atoms with Gasteiger partial charge >= 0.3 is 6.61 Å². The lowest BCUT2D eigenvalue weighted by molar-refractivity contribution is -0.0521. The normalized spacial score (nSPS) is 16.6. The minimum Gasteiger partial charge on any atom is -0.432 e. The summed E-state index contributed by atoms with van der Waals surface area (Å²) < 4.78 is 44.6. The van der Waals surface area contributed by atoms with Crippen LogP contribution < -0.4 is 10.1 Å². The summed E-state index contributed by atoms with van der Waals surface area (Å²) in [5.41, 5.74) is 2.71.